The Morgan fingerprint density at radius 1 is 1.16 bits per heavy atom. The Hall–Kier alpha value is -0.920. The molecule has 0 spiro atoms. The molecule has 0 unspecified atom stereocenters. The van der Waals surface area contributed by atoms with Gasteiger partial charge in [0.05, 0.1) is 16.4 Å². The van der Waals surface area contributed by atoms with Crippen LogP contribution in [0.4, 0.5) is 0 Å². The minimum atomic E-state index is -3.70. The highest BCUT2D eigenvalue weighted by Crippen LogP contribution is 2.28. The third-order valence-electron chi connectivity index (χ3n) is 4.67. The van der Waals surface area contributed by atoms with Crippen LogP contribution in [-0.4, -0.2) is 45.2 Å². The maximum atomic E-state index is 13.1. The van der Waals surface area contributed by atoms with Gasteiger partial charge in [0.15, 0.2) is 9.84 Å². The predicted octanol–water partition coefficient (Wildman–Crippen LogP) is 2.96. The van der Waals surface area contributed by atoms with Crippen molar-refractivity contribution in [2.75, 3.05) is 18.1 Å². The van der Waals surface area contributed by atoms with Gasteiger partial charge in [0.25, 0.3) is 0 Å². The number of rotatable bonds is 6. The SMILES string of the molecule is CCCCN([C@H]1CCS(=O)(=O)C1)S(=O)(=O)c1ccc(C(C)(C)C)cc1. The second-order valence-corrected chi connectivity index (χ2v) is 11.9. The predicted molar refractivity (Wildman–Crippen MR) is 101 cm³/mol. The largest absolute Gasteiger partial charge is 0.243 e. The molecule has 1 fully saturated rings. The maximum Gasteiger partial charge on any atom is 0.243 e. The molecular weight excluding hydrogens is 358 g/mol. The van der Waals surface area contributed by atoms with E-state index in [1.54, 1.807) is 12.1 Å². The monoisotopic (exact) mass is 387 g/mol. The highest BCUT2D eigenvalue weighted by atomic mass is 32.2. The Kier molecular flexibility index (Phi) is 6.01. The Morgan fingerprint density at radius 3 is 2.20 bits per heavy atom. The Labute approximate surface area is 152 Å². The molecule has 0 amide bonds. The first-order chi connectivity index (χ1) is 11.5. The van der Waals surface area contributed by atoms with E-state index in [4.69, 9.17) is 0 Å². The minimum absolute atomic E-state index is 0.0519. The molecule has 0 bridgehead atoms. The third kappa shape index (κ3) is 4.83. The molecule has 1 aromatic rings. The van der Waals surface area contributed by atoms with Crippen LogP contribution in [0.2, 0.25) is 0 Å². The summed E-state index contributed by atoms with van der Waals surface area (Å²) in [6.07, 6.45) is 1.95. The van der Waals surface area contributed by atoms with Crippen molar-refractivity contribution >= 4 is 19.9 Å². The summed E-state index contributed by atoms with van der Waals surface area (Å²) in [5, 5.41) is 0. The maximum absolute atomic E-state index is 13.1. The van der Waals surface area contributed by atoms with Crippen molar-refractivity contribution in [3.05, 3.63) is 29.8 Å². The lowest BCUT2D eigenvalue weighted by Crippen LogP contribution is -2.41. The van der Waals surface area contributed by atoms with E-state index in [2.05, 4.69) is 20.8 Å². The molecule has 7 heteroatoms. The van der Waals surface area contributed by atoms with Crippen LogP contribution in [0.15, 0.2) is 29.2 Å². The van der Waals surface area contributed by atoms with Gasteiger partial charge in [0.2, 0.25) is 10.0 Å². The number of benzene rings is 1. The molecule has 1 aromatic carbocycles. The van der Waals surface area contributed by atoms with E-state index in [1.165, 1.54) is 4.31 Å². The molecule has 5 nitrogen and oxygen atoms in total. The summed E-state index contributed by atoms with van der Waals surface area (Å²) in [7, 11) is -6.84. The van der Waals surface area contributed by atoms with Gasteiger partial charge >= 0.3 is 0 Å². The molecular formula is C18H29NO4S2. The molecule has 0 aliphatic carbocycles. The van der Waals surface area contributed by atoms with Gasteiger partial charge in [0.1, 0.15) is 0 Å². The van der Waals surface area contributed by atoms with Crippen LogP contribution >= 0.6 is 0 Å². The van der Waals surface area contributed by atoms with E-state index < -0.39 is 25.9 Å². The van der Waals surface area contributed by atoms with E-state index in [1.807, 2.05) is 19.1 Å². The van der Waals surface area contributed by atoms with Gasteiger partial charge in [-0.15, -0.1) is 0 Å². The smallest absolute Gasteiger partial charge is 0.229 e. The third-order valence-corrected chi connectivity index (χ3v) is 8.39. The second-order valence-electron chi connectivity index (χ2n) is 7.80. The summed E-state index contributed by atoms with van der Waals surface area (Å²) in [5.41, 5.74) is 1.01. The first kappa shape index (κ1) is 20.4. The van der Waals surface area contributed by atoms with Gasteiger partial charge < -0.3 is 0 Å². The average Bonchev–Trinajstić information content (AvgIpc) is 2.86. The van der Waals surface area contributed by atoms with Gasteiger partial charge in [-0.2, -0.15) is 4.31 Å². The number of nitrogens with zero attached hydrogens (tertiary/aromatic N) is 1. The van der Waals surface area contributed by atoms with Crippen LogP contribution in [0.25, 0.3) is 0 Å². The van der Waals surface area contributed by atoms with Crippen LogP contribution in [0.1, 0.15) is 52.5 Å². The second kappa shape index (κ2) is 7.37. The van der Waals surface area contributed by atoms with Crippen LogP contribution in [0, 0.1) is 0 Å². The Balaban J connectivity index is 2.34. The van der Waals surface area contributed by atoms with Crippen molar-refractivity contribution in [1.29, 1.82) is 0 Å². The summed E-state index contributed by atoms with van der Waals surface area (Å²) in [4.78, 5) is 0.237. The quantitative estimate of drug-likeness (QED) is 0.752. The van der Waals surface area contributed by atoms with E-state index >= 15 is 0 Å². The van der Waals surface area contributed by atoms with E-state index in [0.29, 0.717) is 13.0 Å². The standard InChI is InChI=1S/C18H29NO4S2/c1-5-6-12-19(16-11-13-24(20,21)14-16)25(22,23)17-9-7-15(8-10-17)18(2,3)4/h7-10,16H,5-6,11-14H2,1-4H3/t16-/m0/s1. The Morgan fingerprint density at radius 2 is 1.76 bits per heavy atom. The number of sulfone groups is 1. The Bertz CT molecular complexity index is 790. The fourth-order valence-electron chi connectivity index (χ4n) is 3.08. The molecule has 25 heavy (non-hydrogen) atoms. The fraction of sp³-hybridized carbons (Fsp3) is 0.667. The van der Waals surface area contributed by atoms with Gasteiger partial charge in [-0.05, 0) is 36.0 Å². The van der Waals surface area contributed by atoms with Crippen molar-refractivity contribution in [3.63, 3.8) is 0 Å². The molecule has 1 saturated heterocycles. The van der Waals surface area contributed by atoms with Gasteiger partial charge in [0, 0.05) is 12.6 Å². The lowest BCUT2D eigenvalue weighted by atomic mass is 9.87. The molecule has 1 aliphatic heterocycles. The minimum Gasteiger partial charge on any atom is -0.229 e. The summed E-state index contributed by atoms with van der Waals surface area (Å²) in [6.45, 7) is 8.59. The highest BCUT2D eigenvalue weighted by molar-refractivity contribution is 7.92. The number of hydrogen-bond donors (Lipinski definition) is 0. The lowest BCUT2D eigenvalue weighted by molar-refractivity contribution is 0.335. The number of sulfonamides is 1. The topological polar surface area (TPSA) is 71.5 Å². The van der Waals surface area contributed by atoms with Crippen LogP contribution < -0.4 is 0 Å². The number of unbranched alkanes of at least 4 members (excludes halogenated alkanes) is 1. The summed E-state index contributed by atoms with van der Waals surface area (Å²) >= 11 is 0. The van der Waals surface area contributed by atoms with E-state index in [9.17, 15) is 16.8 Å². The molecule has 1 heterocycles. The summed E-state index contributed by atoms with van der Waals surface area (Å²) < 4.78 is 51.3. The van der Waals surface area contributed by atoms with Gasteiger partial charge in [-0.3, -0.25) is 0 Å². The summed E-state index contributed by atoms with van der Waals surface area (Å²) in [5.74, 6) is -0.00517. The molecule has 2 rings (SSSR count). The summed E-state index contributed by atoms with van der Waals surface area (Å²) in [6, 6.07) is 6.51. The van der Waals surface area contributed by atoms with Crippen LogP contribution in [-0.2, 0) is 25.3 Å². The fourth-order valence-corrected chi connectivity index (χ4v) is 6.60. The highest BCUT2D eigenvalue weighted by Gasteiger charge is 2.38. The zero-order valence-electron chi connectivity index (χ0n) is 15.5. The van der Waals surface area contributed by atoms with Gasteiger partial charge in [-0.1, -0.05) is 46.2 Å². The zero-order chi connectivity index (χ0) is 18.9. The van der Waals surface area contributed by atoms with Crippen molar-refractivity contribution in [2.45, 2.75) is 63.3 Å². The molecule has 0 saturated carbocycles. The van der Waals surface area contributed by atoms with E-state index in [-0.39, 0.29) is 21.8 Å². The van der Waals surface area contributed by atoms with Crippen molar-refractivity contribution in [2.24, 2.45) is 0 Å². The molecule has 0 radical (unpaired) electrons. The first-order valence-electron chi connectivity index (χ1n) is 8.80. The molecule has 0 N–H and O–H groups in total. The number of hydrogen-bond acceptors (Lipinski definition) is 4. The molecule has 0 aromatic heterocycles. The molecule has 142 valence electrons. The average molecular weight is 388 g/mol. The molecule has 1 atom stereocenters. The lowest BCUT2D eigenvalue weighted by Gasteiger charge is -2.27. The van der Waals surface area contributed by atoms with Crippen molar-refractivity contribution < 1.29 is 16.8 Å². The molecule has 1 aliphatic rings. The first-order valence-corrected chi connectivity index (χ1v) is 12.1. The normalized spacial score (nSPS) is 20.9. The zero-order valence-corrected chi connectivity index (χ0v) is 17.2. The van der Waals surface area contributed by atoms with Crippen molar-refractivity contribution in [1.82, 2.24) is 4.31 Å². The van der Waals surface area contributed by atoms with Crippen LogP contribution in [0.3, 0.4) is 0 Å². The van der Waals surface area contributed by atoms with Crippen LogP contribution in [0.5, 0.6) is 0 Å². The van der Waals surface area contributed by atoms with E-state index in [0.717, 1.165) is 18.4 Å². The van der Waals surface area contributed by atoms with Gasteiger partial charge in [-0.25, -0.2) is 16.8 Å². The van der Waals surface area contributed by atoms with Crippen molar-refractivity contribution in [3.8, 4) is 0 Å².